The highest BCUT2D eigenvalue weighted by atomic mass is 19.1. The first-order valence-corrected chi connectivity index (χ1v) is 8.99. The minimum Gasteiger partial charge on any atom is -0.442 e. The van der Waals surface area contributed by atoms with Crippen LogP contribution in [0.2, 0.25) is 0 Å². The molecule has 29 heavy (non-hydrogen) atoms. The van der Waals surface area contributed by atoms with E-state index in [4.69, 9.17) is 4.74 Å². The van der Waals surface area contributed by atoms with Crippen molar-refractivity contribution >= 4 is 28.5 Å². The van der Waals surface area contributed by atoms with Crippen LogP contribution in [0.3, 0.4) is 0 Å². The van der Waals surface area contributed by atoms with Gasteiger partial charge in [0, 0.05) is 30.3 Å². The monoisotopic (exact) mass is 397 g/mol. The fourth-order valence-corrected chi connectivity index (χ4v) is 3.38. The van der Waals surface area contributed by atoms with E-state index in [1.54, 1.807) is 18.3 Å². The first kappa shape index (κ1) is 18.8. The van der Waals surface area contributed by atoms with Gasteiger partial charge < -0.3 is 10.1 Å². The summed E-state index contributed by atoms with van der Waals surface area (Å²) in [6, 6.07) is 9.38. The Balaban J connectivity index is 1.68. The molecule has 1 atom stereocenters. The van der Waals surface area contributed by atoms with Crippen molar-refractivity contribution in [2.45, 2.75) is 13.0 Å². The van der Waals surface area contributed by atoms with Gasteiger partial charge in [0.2, 0.25) is 5.91 Å². The highest BCUT2D eigenvalue weighted by Crippen LogP contribution is 2.35. The summed E-state index contributed by atoms with van der Waals surface area (Å²) in [7, 11) is 0. The van der Waals surface area contributed by atoms with Crippen LogP contribution in [-0.2, 0) is 9.53 Å². The lowest BCUT2D eigenvalue weighted by atomic mass is 9.99. The van der Waals surface area contributed by atoms with E-state index in [2.05, 4.69) is 10.3 Å². The molecule has 2 aromatic carbocycles. The highest BCUT2D eigenvalue weighted by Gasteiger charge is 2.33. The van der Waals surface area contributed by atoms with Gasteiger partial charge in [0.25, 0.3) is 0 Å². The molecule has 8 heteroatoms. The molecule has 1 N–H and O–H groups in total. The van der Waals surface area contributed by atoms with Crippen molar-refractivity contribution in [1.29, 1.82) is 0 Å². The van der Waals surface area contributed by atoms with Gasteiger partial charge in [-0.2, -0.15) is 0 Å². The summed E-state index contributed by atoms with van der Waals surface area (Å²) in [4.78, 5) is 28.4. The number of amides is 2. The van der Waals surface area contributed by atoms with Crippen LogP contribution >= 0.6 is 0 Å². The largest absolute Gasteiger partial charge is 0.442 e. The number of anilines is 1. The van der Waals surface area contributed by atoms with Gasteiger partial charge in [-0.3, -0.25) is 14.7 Å². The second kappa shape index (κ2) is 7.46. The van der Waals surface area contributed by atoms with Crippen LogP contribution in [-0.4, -0.2) is 36.2 Å². The van der Waals surface area contributed by atoms with E-state index in [9.17, 15) is 18.4 Å². The van der Waals surface area contributed by atoms with E-state index in [0.717, 1.165) is 22.4 Å². The topological polar surface area (TPSA) is 71.5 Å². The Morgan fingerprint density at radius 3 is 2.69 bits per heavy atom. The Hall–Kier alpha value is -3.55. The second-order valence-electron chi connectivity index (χ2n) is 6.75. The van der Waals surface area contributed by atoms with Gasteiger partial charge >= 0.3 is 6.09 Å². The number of hydrogen-bond acceptors (Lipinski definition) is 4. The summed E-state index contributed by atoms with van der Waals surface area (Å²) >= 11 is 0. The maximum absolute atomic E-state index is 15.0. The first-order valence-electron chi connectivity index (χ1n) is 8.99. The minimum absolute atomic E-state index is 0.0484. The number of nitrogens with zero attached hydrogens (tertiary/aromatic N) is 2. The van der Waals surface area contributed by atoms with Crippen LogP contribution < -0.4 is 10.2 Å². The van der Waals surface area contributed by atoms with Crippen LogP contribution in [0.5, 0.6) is 0 Å². The number of ether oxygens (including phenoxy) is 1. The normalized spacial score (nSPS) is 16.2. The van der Waals surface area contributed by atoms with Crippen LogP contribution in [0.1, 0.15) is 6.92 Å². The number of carbonyl (C=O) groups is 2. The van der Waals surface area contributed by atoms with Gasteiger partial charge in [-0.15, -0.1) is 0 Å². The number of aromatic nitrogens is 1. The zero-order valence-electron chi connectivity index (χ0n) is 15.5. The van der Waals surface area contributed by atoms with Crippen molar-refractivity contribution in [2.24, 2.45) is 0 Å². The highest BCUT2D eigenvalue weighted by molar-refractivity contribution is 5.97. The molecule has 0 bridgehead atoms. The molecule has 4 rings (SSSR count). The van der Waals surface area contributed by atoms with E-state index in [0.29, 0.717) is 10.9 Å². The molecule has 3 aromatic rings. The van der Waals surface area contributed by atoms with Crippen LogP contribution in [0.25, 0.3) is 21.9 Å². The van der Waals surface area contributed by atoms with Crippen LogP contribution in [0.4, 0.5) is 19.3 Å². The summed E-state index contributed by atoms with van der Waals surface area (Å²) in [6.45, 7) is 1.55. The average Bonchev–Trinajstić information content (AvgIpc) is 3.06. The summed E-state index contributed by atoms with van der Waals surface area (Å²) in [5.74, 6) is -1.88. The van der Waals surface area contributed by atoms with Crippen molar-refractivity contribution < 1.29 is 23.1 Å². The Kier molecular flexibility index (Phi) is 4.84. The predicted molar refractivity (Wildman–Crippen MR) is 103 cm³/mol. The third kappa shape index (κ3) is 3.61. The van der Waals surface area contributed by atoms with E-state index in [1.807, 2.05) is 12.1 Å². The van der Waals surface area contributed by atoms with Crippen molar-refractivity contribution in [3.63, 3.8) is 0 Å². The smallest absolute Gasteiger partial charge is 0.414 e. The van der Waals surface area contributed by atoms with Crippen molar-refractivity contribution in [3.05, 3.63) is 60.4 Å². The summed E-state index contributed by atoms with van der Waals surface area (Å²) < 4.78 is 35.1. The van der Waals surface area contributed by atoms with Gasteiger partial charge in [0.15, 0.2) is 0 Å². The summed E-state index contributed by atoms with van der Waals surface area (Å²) in [5.41, 5.74) is 0.171. The Bertz CT molecular complexity index is 1090. The molecule has 1 unspecified atom stereocenters. The number of pyridine rings is 1. The molecule has 1 aliphatic rings. The molecular formula is C21H17F2N3O3. The van der Waals surface area contributed by atoms with Crippen molar-refractivity contribution in [1.82, 2.24) is 10.3 Å². The Morgan fingerprint density at radius 1 is 1.24 bits per heavy atom. The predicted octanol–water partition coefficient (Wildman–Crippen LogP) is 3.64. The number of benzene rings is 2. The molecule has 1 fully saturated rings. The molecule has 0 radical (unpaired) electrons. The maximum atomic E-state index is 15.0. The number of carbonyl (C=O) groups excluding carboxylic acids is 2. The second-order valence-corrected chi connectivity index (χ2v) is 6.75. The number of nitrogens with one attached hydrogen (secondary N) is 1. The van der Waals surface area contributed by atoms with E-state index < -0.39 is 23.8 Å². The first-order chi connectivity index (χ1) is 13.9. The van der Waals surface area contributed by atoms with Gasteiger partial charge in [0.1, 0.15) is 17.7 Å². The SMILES string of the molecule is CC(=O)NCC1CN(c2cc(F)c(-c3cncc4ccccc34)c(F)c2)C(=O)O1. The zero-order valence-corrected chi connectivity index (χ0v) is 15.5. The van der Waals surface area contributed by atoms with E-state index >= 15 is 0 Å². The zero-order chi connectivity index (χ0) is 20.5. The summed E-state index contributed by atoms with van der Waals surface area (Å²) in [6.07, 6.45) is 1.72. The number of cyclic esters (lactones) is 1. The molecule has 2 heterocycles. The molecule has 0 aliphatic carbocycles. The van der Waals surface area contributed by atoms with Gasteiger partial charge in [0.05, 0.1) is 24.3 Å². The molecule has 1 aliphatic heterocycles. The van der Waals surface area contributed by atoms with Gasteiger partial charge in [-0.05, 0) is 17.5 Å². The minimum atomic E-state index is -0.809. The lowest BCUT2D eigenvalue weighted by Gasteiger charge is -2.16. The molecule has 148 valence electrons. The van der Waals surface area contributed by atoms with Crippen LogP contribution in [0.15, 0.2) is 48.8 Å². The fraction of sp³-hybridized carbons (Fsp3) is 0.190. The average molecular weight is 397 g/mol. The van der Waals surface area contributed by atoms with Gasteiger partial charge in [-0.1, -0.05) is 24.3 Å². The molecule has 2 amide bonds. The molecule has 0 saturated carbocycles. The van der Waals surface area contributed by atoms with E-state index in [-0.39, 0.29) is 30.2 Å². The lowest BCUT2D eigenvalue weighted by molar-refractivity contribution is -0.119. The number of fused-ring (bicyclic) bond motifs is 1. The van der Waals surface area contributed by atoms with Crippen LogP contribution in [0, 0.1) is 11.6 Å². The number of rotatable bonds is 4. The van der Waals surface area contributed by atoms with Crippen molar-refractivity contribution in [2.75, 3.05) is 18.0 Å². The molecule has 1 saturated heterocycles. The molecule has 6 nitrogen and oxygen atoms in total. The molecule has 0 spiro atoms. The fourth-order valence-electron chi connectivity index (χ4n) is 3.38. The van der Waals surface area contributed by atoms with Gasteiger partial charge in [-0.25, -0.2) is 13.6 Å². The number of halogens is 2. The lowest BCUT2D eigenvalue weighted by Crippen LogP contribution is -2.33. The quantitative estimate of drug-likeness (QED) is 0.730. The van der Waals surface area contributed by atoms with Crippen molar-refractivity contribution in [3.8, 4) is 11.1 Å². The summed E-state index contributed by atoms with van der Waals surface area (Å²) in [5, 5.41) is 3.98. The Labute approximate surface area is 165 Å². The molecular weight excluding hydrogens is 380 g/mol. The maximum Gasteiger partial charge on any atom is 0.414 e. The Morgan fingerprint density at radius 2 is 1.97 bits per heavy atom. The standard InChI is InChI=1S/C21H17F2N3O3/c1-12(27)25-9-15-11-26(21(28)29-15)14-6-18(22)20(19(23)7-14)17-10-24-8-13-4-2-3-5-16(13)17/h2-8,10,15H,9,11H2,1H3,(H,25,27). The third-order valence-electron chi connectivity index (χ3n) is 4.73. The van der Waals surface area contributed by atoms with E-state index in [1.165, 1.54) is 13.1 Å². The molecule has 1 aromatic heterocycles. The number of hydrogen-bond donors (Lipinski definition) is 1. The third-order valence-corrected chi connectivity index (χ3v) is 4.73.